The van der Waals surface area contributed by atoms with E-state index >= 15 is 0 Å². The van der Waals surface area contributed by atoms with E-state index in [-0.39, 0.29) is 0 Å². The molecule has 8 nitrogen and oxygen atoms in total. The van der Waals surface area contributed by atoms with Crippen LogP contribution in [-0.4, -0.2) is 39.0 Å². The van der Waals surface area contributed by atoms with Gasteiger partial charge in [-0.3, -0.25) is 9.59 Å². The summed E-state index contributed by atoms with van der Waals surface area (Å²) in [5.74, 6) is 2.38. The van der Waals surface area contributed by atoms with Gasteiger partial charge in [-0.1, -0.05) is 121 Å². The molecule has 0 aromatic heterocycles. The van der Waals surface area contributed by atoms with Crippen molar-refractivity contribution < 1.29 is 38.0 Å². The van der Waals surface area contributed by atoms with Gasteiger partial charge in [-0.05, 0) is 77.6 Å². The van der Waals surface area contributed by atoms with Gasteiger partial charge in [0.2, 0.25) is 0 Å². The molecular formula is C51H52O8. The Morgan fingerprint density at radius 2 is 0.661 bits per heavy atom. The van der Waals surface area contributed by atoms with E-state index in [2.05, 4.69) is 0 Å². The second-order valence-corrected chi connectivity index (χ2v) is 14.1. The third-order valence-corrected chi connectivity index (χ3v) is 9.64. The fourth-order valence-corrected chi connectivity index (χ4v) is 6.48. The van der Waals surface area contributed by atoms with Crippen LogP contribution in [0.1, 0.15) is 73.4 Å². The predicted octanol–water partition coefficient (Wildman–Crippen LogP) is 10.6. The van der Waals surface area contributed by atoms with Crippen molar-refractivity contribution in [1.29, 1.82) is 0 Å². The lowest BCUT2D eigenvalue weighted by molar-refractivity contribution is 0.0809. The molecule has 0 amide bonds. The SMILES string of the molecule is O=Cc1cc(CCCOCCCOCCCc2cc(C=O)c(OCc3ccccc3)cc2OCc2ccccc2)c(OCc2ccccc2)cc1OCc1ccccc1. The van der Waals surface area contributed by atoms with Crippen molar-refractivity contribution in [1.82, 2.24) is 0 Å². The van der Waals surface area contributed by atoms with E-state index in [0.29, 0.717) is 99.8 Å². The third kappa shape index (κ3) is 14.0. The maximum atomic E-state index is 12.1. The molecule has 8 heteroatoms. The summed E-state index contributed by atoms with van der Waals surface area (Å²) in [6.07, 6.45) is 5.33. The summed E-state index contributed by atoms with van der Waals surface area (Å²) >= 11 is 0. The molecule has 0 N–H and O–H groups in total. The summed E-state index contributed by atoms with van der Waals surface area (Å²) in [5.41, 5.74) is 7.00. The molecule has 0 fully saturated rings. The average molecular weight is 793 g/mol. The largest absolute Gasteiger partial charge is 0.488 e. The van der Waals surface area contributed by atoms with Crippen LogP contribution in [0.3, 0.4) is 0 Å². The minimum Gasteiger partial charge on any atom is -0.488 e. The zero-order valence-corrected chi connectivity index (χ0v) is 33.5. The van der Waals surface area contributed by atoms with E-state index in [4.69, 9.17) is 28.4 Å². The Bertz CT molecular complexity index is 1990. The van der Waals surface area contributed by atoms with Crippen molar-refractivity contribution in [3.63, 3.8) is 0 Å². The predicted molar refractivity (Wildman–Crippen MR) is 230 cm³/mol. The Kier molecular flexibility index (Phi) is 17.2. The van der Waals surface area contributed by atoms with E-state index in [0.717, 1.165) is 65.2 Å². The lowest BCUT2D eigenvalue weighted by Gasteiger charge is -2.16. The molecule has 0 spiro atoms. The molecule has 0 bridgehead atoms. The molecule has 59 heavy (non-hydrogen) atoms. The molecule has 0 atom stereocenters. The first kappa shape index (κ1) is 42.4. The molecular weight excluding hydrogens is 741 g/mol. The Morgan fingerprint density at radius 3 is 0.983 bits per heavy atom. The summed E-state index contributed by atoms with van der Waals surface area (Å²) in [5, 5.41) is 0. The van der Waals surface area contributed by atoms with Crippen LogP contribution in [0.2, 0.25) is 0 Å². The standard InChI is InChI=1S/C51H52O8/c52-34-46-30-44(48(56-36-40-16-5-1-6-17-40)32-50(46)58-38-42-20-9-3-10-21-42)24-13-26-54-28-15-29-55-27-14-25-45-31-47(35-53)51(59-39-43-22-11-4-12-23-43)33-49(45)57-37-41-18-7-2-8-19-41/h1-12,16-23,30-35H,13-15,24-29,36-39H2. The van der Waals surface area contributed by atoms with Crippen LogP contribution in [0, 0.1) is 0 Å². The van der Waals surface area contributed by atoms with Crippen molar-refractivity contribution in [3.8, 4) is 23.0 Å². The molecule has 0 aliphatic rings. The zero-order chi connectivity index (χ0) is 40.7. The number of hydrogen-bond donors (Lipinski definition) is 0. The number of rotatable bonds is 26. The molecule has 0 saturated heterocycles. The Morgan fingerprint density at radius 1 is 0.356 bits per heavy atom. The third-order valence-electron chi connectivity index (χ3n) is 9.64. The molecule has 0 radical (unpaired) electrons. The number of aryl methyl sites for hydroxylation is 2. The van der Waals surface area contributed by atoms with Gasteiger partial charge in [0.1, 0.15) is 49.4 Å². The highest BCUT2D eigenvalue weighted by atomic mass is 16.5. The van der Waals surface area contributed by atoms with Crippen LogP contribution in [-0.2, 0) is 48.7 Å². The first-order valence-electron chi connectivity index (χ1n) is 20.2. The van der Waals surface area contributed by atoms with Crippen molar-refractivity contribution >= 4 is 12.6 Å². The molecule has 0 aliphatic carbocycles. The van der Waals surface area contributed by atoms with Gasteiger partial charge in [0.05, 0.1) is 11.1 Å². The minimum absolute atomic E-state index is 0.351. The average Bonchev–Trinajstić information content (AvgIpc) is 3.29. The highest BCUT2D eigenvalue weighted by Crippen LogP contribution is 2.32. The van der Waals surface area contributed by atoms with Gasteiger partial charge in [-0.2, -0.15) is 0 Å². The number of carbonyl (C=O) groups excluding carboxylic acids is 2. The maximum absolute atomic E-state index is 12.1. The molecule has 0 heterocycles. The summed E-state index contributed by atoms with van der Waals surface area (Å²) in [6, 6.07) is 47.1. The highest BCUT2D eigenvalue weighted by Gasteiger charge is 2.15. The Hall–Kier alpha value is -6.22. The molecule has 304 valence electrons. The number of ether oxygens (including phenoxy) is 6. The summed E-state index contributed by atoms with van der Waals surface area (Å²) in [6.45, 7) is 3.80. The first-order valence-corrected chi connectivity index (χ1v) is 20.2. The Balaban J connectivity index is 0.943. The van der Waals surface area contributed by atoms with Crippen molar-refractivity contribution in [2.75, 3.05) is 26.4 Å². The van der Waals surface area contributed by atoms with Gasteiger partial charge >= 0.3 is 0 Å². The van der Waals surface area contributed by atoms with Crippen LogP contribution in [0.5, 0.6) is 23.0 Å². The summed E-state index contributed by atoms with van der Waals surface area (Å²) in [4.78, 5) is 24.2. The number of benzene rings is 6. The van der Waals surface area contributed by atoms with Gasteiger partial charge in [0.25, 0.3) is 0 Å². The fraction of sp³-hybridized carbons (Fsp3) is 0.255. The van der Waals surface area contributed by atoms with Crippen LogP contribution < -0.4 is 18.9 Å². The second kappa shape index (κ2) is 23.9. The lowest BCUT2D eigenvalue weighted by atomic mass is 10.0. The highest BCUT2D eigenvalue weighted by molar-refractivity contribution is 5.81. The van der Waals surface area contributed by atoms with E-state index in [1.165, 1.54) is 0 Å². The maximum Gasteiger partial charge on any atom is 0.153 e. The second-order valence-electron chi connectivity index (χ2n) is 14.1. The van der Waals surface area contributed by atoms with Gasteiger partial charge in [0.15, 0.2) is 12.6 Å². The van der Waals surface area contributed by atoms with Crippen LogP contribution in [0.4, 0.5) is 0 Å². The van der Waals surface area contributed by atoms with Crippen molar-refractivity contribution in [3.05, 3.63) is 190 Å². The van der Waals surface area contributed by atoms with E-state index in [1.807, 2.05) is 146 Å². The van der Waals surface area contributed by atoms with Crippen LogP contribution >= 0.6 is 0 Å². The number of aldehydes is 2. The molecule has 0 saturated carbocycles. The Labute approximate surface area is 347 Å². The van der Waals surface area contributed by atoms with E-state index in [9.17, 15) is 9.59 Å². The molecule has 0 unspecified atom stereocenters. The number of carbonyl (C=O) groups is 2. The van der Waals surface area contributed by atoms with Crippen LogP contribution in [0.15, 0.2) is 146 Å². The molecule has 6 aromatic rings. The summed E-state index contributed by atoms with van der Waals surface area (Å²) in [7, 11) is 0. The van der Waals surface area contributed by atoms with Crippen LogP contribution in [0.25, 0.3) is 0 Å². The minimum atomic E-state index is 0.351. The number of hydrogen-bond acceptors (Lipinski definition) is 8. The van der Waals surface area contributed by atoms with Gasteiger partial charge in [-0.25, -0.2) is 0 Å². The molecule has 6 rings (SSSR count). The fourth-order valence-electron chi connectivity index (χ4n) is 6.48. The van der Waals surface area contributed by atoms with Gasteiger partial charge < -0.3 is 28.4 Å². The first-order chi connectivity index (χ1) is 29.2. The van der Waals surface area contributed by atoms with Crippen molar-refractivity contribution in [2.45, 2.75) is 58.5 Å². The van der Waals surface area contributed by atoms with Gasteiger partial charge in [0, 0.05) is 38.6 Å². The smallest absolute Gasteiger partial charge is 0.153 e. The monoisotopic (exact) mass is 792 g/mol. The van der Waals surface area contributed by atoms with Gasteiger partial charge in [-0.15, -0.1) is 0 Å². The lowest BCUT2D eigenvalue weighted by Crippen LogP contribution is -2.07. The normalized spacial score (nSPS) is 10.8. The van der Waals surface area contributed by atoms with E-state index < -0.39 is 0 Å². The molecule has 6 aromatic carbocycles. The van der Waals surface area contributed by atoms with E-state index in [1.54, 1.807) is 0 Å². The molecule has 0 aliphatic heterocycles. The topological polar surface area (TPSA) is 89.5 Å². The quantitative estimate of drug-likeness (QED) is 0.0396. The zero-order valence-electron chi connectivity index (χ0n) is 33.5. The summed E-state index contributed by atoms with van der Waals surface area (Å²) < 4.78 is 36.6. The van der Waals surface area contributed by atoms with Crippen molar-refractivity contribution in [2.24, 2.45) is 0 Å².